The van der Waals surface area contributed by atoms with Gasteiger partial charge in [-0.1, -0.05) is 18.2 Å². The quantitative estimate of drug-likeness (QED) is 0.254. The van der Waals surface area contributed by atoms with Gasteiger partial charge >= 0.3 is 5.97 Å². The number of benzene rings is 1. The molecule has 1 aromatic heterocycles. The number of carbonyl (C=O) groups is 2. The van der Waals surface area contributed by atoms with E-state index in [-0.39, 0.29) is 30.6 Å². The number of non-ortho nitro benzene ring substituents is 1. The Labute approximate surface area is 201 Å². The molecule has 0 unspecified atom stereocenters. The minimum atomic E-state index is -0.743. The standard InChI is InChI=1S/C25H26N2O6S/c1-3-32-9-10-33-25(29)22-15(2)26-19-13-17(21-8-5-11-34-21)14-20(28)24(19)23(22)16-6-4-7-18(12-16)27(30)31/h4-8,11-12,17,23,26H,3,9-10,13-14H2,1-2H3/t17-,23+/m0/s1. The SMILES string of the molecule is CCOCCOC(=O)C1=C(C)NC2=C(C(=O)C[C@@H](c3cccs3)C2)[C@@H]1c1cccc([N+](=O)[O-])c1. The average Bonchev–Trinajstić information content (AvgIpc) is 3.36. The number of thiophene rings is 1. The molecule has 0 radical (unpaired) electrons. The molecule has 4 rings (SSSR count). The number of esters is 1. The predicted octanol–water partition coefficient (Wildman–Crippen LogP) is 4.60. The van der Waals surface area contributed by atoms with Gasteiger partial charge < -0.3 is 14.8 Å². The largest absolute Gasteiger partial charge is 0.460 e. The second kappa shape index (κ2) is 10.3. The molecule has 1 aliphatic carbocycles. The lowest BCUT2D eigenvalue weighted by Crippen LogP contribution is -2.36. The van der Waals surface area contributed by atoms with Gasteiger partial charge in [0.05, 0.1) is 17.1 Å². The van der Waals surface area contributed by atoms with E-state index in [2.05, 4.69) is 5.32 Å². The van der Waals surface area contributed by atoms with Crippen LogP contribution in [0.1, 0.15) is 49.0 Å². The molecule has 2 aliphatic rings. The number of allylic oxidation sites excluding steroid dienone is 3. The maximum Gasteiger partial charge on any atom is 0.336 e. The summed E-state index contributed by atoms with van der Waals surface area (Å²) in [4.78, 5) is 38.7. The number of rotatable bonds is 8. The number of hydrogen-bond acceptors (Lipinski definition) is 8. The van der Waals surface area contributed by atoms with Gasteiger partial charge in [0.1, 0.15) is 6.61 Å². The molecule has 178 valence electrons. The Kier molecular flexibility index (Phi) is 7.23. The summed E-state index contributed by atoms with van der Waals surface area (Å²) in [5.41, 5.74) is 2.53. The van der Waals surface area contributed by atoms with Crippen LogP contribution in [0, 0.1) is 10.1 Å². The highest BCUT2D eigenvalue weighted by Gasteiger charge is 2.41. The second-order valence-corrected chi connectivity index (χ2v) is 9.20. The first-order valence-electron chi connectivity index (χ1n) is 11.2. The lowest BCUT2D eigenvalue weighted by Gasteiger charge is -2.36. The molecule has 2 aromatic rings. The van der Waals surface area contributed by atoms with Crippen molar-refractivity contribution in [3.05, 3.63) is 84.9 Å². The lowest BCUT2D eigenvalue weighted by atomic mass is 9.72. The van der Waals surface area contributed by atoms with Crippen molar-refractivity contribution >= 4 is 28.8 Å². The molecule has 2 heterocycles. The van der Waals surface area contributed by atoms with Gasteiger partial charge in [0.25, 0.3) is 5.69 Å². The van der Waals surface area contributed by atoms with Crippen LogP contribution >= 0.6 is 11.3 Å². The van der Waals surface area contributed by atoms with E-state index in [1.54, 1.807) is 30.4 Å². The number of nitrogens with one attached hydrogen (secondary N) is 1. The topological polar surface area (TPSA) is 108 Å². The number of carbonyl (C=O) groups excluding carboxylic acids is 2. The molecule has 0 spiro atoms. The van der Waals surface area contributed by atoms with Crippen LogP contribution in [0.25, 0.3) is 0 Å². The van der Waals surface area contributed by atoms with E-state index < -0.39 is 16.8 Å². The van der Waals surface area contributed by atoms with E-state index >= 15 is 0 Å². The number of dihydropyridines is 1. The third-order valence-electron chi connectivity index (χ3n) is 6.07. The Balaban J connectivity index is 1.75. The summed E-state index contributed by atoms with van der Waals surface area (Å²) in [6, 6.07) is 10.1. The van der Waals surface area contributed by atoms with Crippen LogP contribution in [0.5, 0.6) is 0 Å². The number of ketones is 1. The number of nitro benzene ring substituents is 1. The molecule has 0 bridgehead atoms. The summed E-state index contributed by atoms with van der Waals surface area (Å²) in [5.74, 6) is -1.33. The zero-order valence-electron chi connectivity index (χ0n) is 19.0. The van der Waals surface area contributed by atoms with Crippen molar-refractivity contribution < 1.29 is 24.0 Å². The van der Waals surface area contributed by atoms with E-state index in [1.807, 2.05) is 24.4 Å². The molecule has 0 amide bonds. The summed E-state index contributed by atoms with van der Waals surface area (Å²) >= 11 is 1.62. The normalized spacial score (nSPS) is 20.1. The fraction of sp³-hybridized carbons (Fsp3) is 0.360. The summed E-state index contributed by atoms with van der Waals surface area (Å²) in [6.45, 7) is 4.47. The van der Waals surface area contributed by atoms with Gasteiger partial charge in [-0.3, -0.25) is 14.9 Å². The zero-order valence-corrected chi connectivity index (χ0v) is 19.9. The first-order chi connectivity index (χ1) is 16.4. The van der Waals surface area contributed by atoms with Gasteiger partial charge in [0.15, 0.2) is 5.78 Å². The number of hydrogen-bond donors (Lipinski definition) is 1. The van der Waals surface area contributed by atoms with Gasteiger partial charge in [0, 0.05) is 58.8 Å². The average molecular weight is 483 g/mol. The molecule has 0 fully saturated rings. The molecule has 0 saturated heterocycles. The Bertz CT molecular complexity index is 1170. The zero-order chi connectivity index (χ0) is 24.2. The molecule has 9 heteroatoms. The molecule has 1 N–H and O–H groups in total. The van der Waals surface area contributed by atoms with Crippen molar-refractivity contribution in [2.45, 2.75) is 38.5 Å². The maximum absolute atomic E-state index is 13.5. The number of nitro groups is 1. The minimum absolute atomic E-state index is 0.0528. The molecule has 0 saturated carbocycles. The minimum Gasteiger partial charge on any atom is -0.460 e. The summed E-state index contributed by atoms with van der Waals surface area (Å²) < 4.78 is 10.7. The van der Waals surface area contributed by atoms with Crippen molar-refractivity contribution in [2.24, 2.45) is 0 Å². The van der Waals surface area contributed by atoms with Gasteiger partial charge in [-0.05, 0) is 37.3 Å². The van der Waals surface area contributed by atoms with Gasteiger partial charge in [-0.2, -0.15) is 0 Å². The smallest absolute Gasteiger partial charge is 0.336 e. The second-order valence-electron chi connectivity index (χ2n) is 8.22. The monoisotopic (exact) mass is 482 g/mol. The van der Waals surface area contributed by atoms with Crippen molar-refractivity contribution in [3.8, 4) is 0 Å². The van der Waals surface area contributed by atoms with Crippen molar-refractivity contribution in [1.82, 2.24) is 5.32 Å². The summed E-state index contributed by atoms with van der Waals surface area (Å²) in [6.07, 6.45) is 0.940. The van der Waals surface area contributed by atoms with Gasteiger partial charge in [0.2, 0.25) is 0 Å². The molecular weight excluding hydrogens is 456 g/mol. The van der Waals surface area contributed by atoms with E-state index in [0.717, 1.165) is 10.6 Å². The van der Waals surface area contributed by atoms with Crippen molar-refractivity contribution in [3.63, 3.8) is 0 Å². The molecule has 2 atom stereocenters. The fourth-order valence-electron chi connectivity index (χ4n) is 4.60. The van der Waals surface area contributed by atoms with Crippen LogP contribution in [0.3, 0.4) is 0 Å². The predicted molar refractivity (Wildman–Crippen MR) is 127 cm³/mol. The van der Waals surface area contributed by atoms with Crippen LogP contribution in [-0.2, 0) is 19.1 Å². The molecule has 1 aliphatic heterocycles. The van der Waals surface area contributed by atoms with Crippen LogP contribution < -0.4 is 5.32 Å². The third-order valence-corrected chi connectivity index (χ3v) is 7.11. The lowest BCUT2D eigenvalue weighted by molar-refractivity contribution is -0.384. The summed E-state index contributed by atoms with van der Waals surface area (Å²) in [5, 5.41) is 16.7. The van der Waals surface area contributed by atoms with Crippen LogP contribution in [0.4, 0.5) is 5.69 Å². The Morgan fingerprint density at radius 2 is 2.06 bits per heavy atom. The molecule has 1 aromatic carbocycles. The van der Waals surface area contributed by atoms with E-state index in [0.29, 0.717) is 41.9 Å². The van der Waals surface area contributed by atoms with E-state index in [9.17, 15) is 19.7 Å². The fourth-order valence-corrected chi connectivity index (χ4v) is 5.43. The first-order valence-corrected chi connectivity index (χ1v) is 12.0. The summed E-state index contributed by atoms with van der Waals surface area (Å²) in [7, 11) is 0. The van der Waals surface area contributed by atoms with Crippen LogP contribution in [0.15, 0.2) is 64.3 Å². The number of Topliss-reactive ketones (excluding diaryl/α,β-unsaturated/α-hetero) is 1. The first kappa shape index (κ1) is 23.8. The Morgan fingerprint density at radius 3 is 2.76 bits per heavy atom. The molecular formula is C25H26N2O6S. The van der Waals surface area contributed by atoms with Crippen molar-refractivity contribution in [1.29, 1.82) is 0 Å². The Morgan fingerprint density at radius 1 is 1.24 bits per heavy atom. The third kappa shape index (κ3) is 4.80. The van der Waals surface area contributed by atoms with Crippen molar-refractivity contribution in [2.75, 3.05) is 19.8 Å². The molecule has 8 nitrogen and oxygen atoms in total. The highest BCUT2D eigenvalue weighted by molar-refractivity contribution is 7.10. The van der Waals surface area contributed by atoms with E-state index in [4.69, 9.17) is 9.47 Å². The highest BCUT2D eigenvalue weighted by atomic mass is 32.1. The highest BCUT2D eigenvalue weighted by Crippen LogP contribution is 2.46. The van der Waals surface area contributed by atoms with E-state index in [1.165, 1.54) is 12.1 Å². The van der Waals surface area contributed by atoms with Gasteiger partial charge in [-0.25, -0.2) is 4.79 Å². The van der Waals surface area contributed by atoms with Crippen LogP contribution in [-0.4, -0.2) is 36.5 Å². The number of nitrogens with zero attached hydrogens (tertiary/aromatic N) is 1. The van der Waals surface area contributed by atoms with Gasteiger partial charge in [-0.15, -0.1) is 11.3 Å². The van der Waals surface area contributed by atoms with Crippen LogP contribution in [0.2, 0.25) is 0 Å². The maximum atomic E-state index is 13.5. The molecule has 34 heavy (non-hydrogen) atoms. The Hall–Kier alpha value is -3.30. The number of ether oxygens (including phenoxy) is 2.